The van der Waals surface area contributed by atoms with Crippen LogP contribution in [-0.2, 0) is 0 Å². The van der Waals surface area contributed by atoms with E-state index in [-0.39, 0.29) is 17.8 Å². The van der Waals surface area contributed by atoms with Crippen LogP contribution in [0, 0.1) is 5.82 Å². The Kier molecular flexibility index (Phi) is 3.57. The van der Waals surface area contributed by atoms with Crippen molar-refractivity contribution in [3.8, 4) is 11.3 Å². The largest absolute Gasteiger partial charge is 0.334 e. The molecule has 0 N–H and O–H groups in total. The molecule has 1 saturated heterocycles. The monoisotopic (exact) mass is 322 g/mol. The Morgan fingerprint density at radius 2 is 1.75 bits per heavy atom. The standard InChI is InChI=1S/C18H15FN4O/c19-15-8-6-14(7-9-15)18(24)22-10-16(11-22)23-12-17(20-21-23)13-4-2-1-3-5-13/h1-9,12,16H,10-11H2. The van der Waals surface area contributed by atoms with Gasteiger partial charge in [-0.2, -0.15) is 0 Å². The van der Waals surface area contributed by atoms with Crippen LogP contribution in [0.15, 0.2) is 60.8 Å². The fourth-order valence-electron chi connectivity index (χ4n) is 2.76. The number of carbonyl (C=O) groups is 1. The molecule has 5 nitrogen and oxygen atoms in total. The van der Waals surface area contributed by atoms with Gasteiger partial charge < -0.3 is 4.90 Å². The Morgan fingerprint density at radius 3 is 2.46 bits per heavy atom. The maximum absolute atomic E-state index is 12.9. The first kappa shape index (κ1) is 14.6. The van der Waals surface area contributed by atoms with Gasteiger partial charge in [0.05, 0.1) is 12.2 Å². The summed E-state index contributed by atoms with van der Waals surface area (Å²) in [5, 5.41) is 8.37. The number of aromatic nitrogens is 3. The number of rotatable bonds is 3. The van der Waals surface area contributed by atoms with E-state index in [9.17, 15) is 9.18 Å². The lowest BCUT2D eigenvalue weighted by Crippen LogP contribution is -2.50. The van der Waals surface area contributed by atoms with Crippen LogP contribution in [0.2, 0.25) is 0 Å². The van der Waals surface area contributed by atoms with Gasteiger partial charge in [-0.15, -0.1) is 5.10 Å². The predicted octanol–water partition coefficient (Wildman–Crippen LogP) is 2.78. The van der Waals surface area contributed by atoms with E-state index in [4.69, 9.17) is 0 Å². The molecule has 3 aromatic rings. The number of halogens is 1. The van der Waals surface area contributed by atoms with Crippen LogP contribution in [0.25, 0.3) is 11.3 Å². The van der Waals surface area contributed by atoms with Crippen molar-refractivity contribution in [1.29, 1.82) is 0 Å². The van der Waals surface area contributed by atoms with Crippen molar-refractivity contribution in [2.75, 3.05) is 13.1 Å². The van der Waals surface area contributed by atoms with Gasteiger partial charge in [0.1, 0.15) is 11.5 Å². The summed E-state index contributed by atoms with van der Waals surface area (Å²) in [6.07, 6.45) is 1.90. The fourth-order valence-corrected chi connectivity index (χ4v) is 2.76. The summed E-state index contributed by atoms with van der Waals surface area (Å²) in [4.78, 5) is 14.0. The van der Waals surface area contributed by atoms with Gasteiger partial charge in [0.15, 0.2) is 0 Å². The summed E-state index contributed by atoms with van der Waals surface area (Å²) in [7, 11) is 0. The van der Waals surface area contributed by atoms with Gasteiger partial charge in [0, 0.05) is 24.2 Å². The van der Waals surface area contributed by atoms with Crippen LogP contribution in [0.5, 0.6) is 0 Å². The molecule has 0 saturated carbocycles. The summed E-state index contributed by atoms with van der Waals surface area (Å²) < 4.78 is 14.7. The van der Waals surface area contributed by atoms with Gasteiger partial charge in [0.2, 0.25) is 0 Å². The van der Waals surface area contributed by atoms with Gasteiger partial charge in [-0.25, -0.2) is 9.07 Å². The van der Waals surface area contributed by atoms with Gasteiger partial charge in [-0.1, -0.05) is 35.5 Å². The number of likely N-dealkylation sites (tertiary alicyclic amines) is 1. The van der Waals surface area contributed by atoms with Crippen molar-refractivity contribution < 1.29 is 9.18 Å². The van der Waals surface area contributed by atoms with E-state index < -0.39 is 0 Å². The number of carbonyl (C=O) groups excluding carboxylic acids is 1. The third-order valence-corrected chi connectivity index (χ3v) is 4.19. The molecule has 0 bridgehead atoms. The summed E-state index contributed by atoms with van der Waals surface area (Å²) in [6.45, 7) is 1.15. The highest BCUT2D eigenvalue weighted by molar-refractivity contribution is 5.94. The molecule has 1 fully saturated rings. The lowest BCUT2D eigenvalue weighted by molar-refractivity contribution is 0.0498. The van der Waals surface area contributed by atoms with Gasteiger partial charge in [0.25, 0.3) is 5.91 Å². The highest BCUT2D eigenvalue weighted by Gasteiger charge is 2.33. The van der Waals surface area contributed by atoms with E-state index in [2.05, 4.69) is 10.3 Å². The second kappa shape index (κ2) is 5.88. The lowest BCUT2D eigenvalue weighted by atomic mass is 10.1. The first-order chi connectivity index (χ1) is 11.7. The highest BCUT2D eigenvalue weighted by atomic mass is 19.1. The molecule has 0 radical (unpaired) electrons. The summed E-state index contributed by atoms with van der Waals surface area (Å²) in [6, 6.07) is 15.6. The Balaban J connectivity index is 1.42. The average molecular weight is 322 g/mol. The SMILES string of the molecule is O=C(c1ccc(F)cc1)N1CC(n2cc(-c3ccccc3)nn2)C1. The van der Waals surface area contributed by atoms with Crippen LogP contribution in [0.3, 0.4) is 0 Å². The van der Waals surface area contributed by atoms with Crippen molar-refractivity contribution in [3.05, 3.63) is 72.2 Å². The Hall–Kier alpha value is -3.02. The minimum absolute atomic E-state index is 0.0883. The second-order valence-electron chi connectivity index (χ2n) is 5.82. The van der Waals surface area contributed by atoms with Crippen LogP contribution in [0.4, 0.5) is 4.39 Å². The fraction of sp³-hybridized carbons (Fsp3) is 0.167. The molecule has 0 unspecified atom stereocenters. The molecule has 1 aliphatic heterocycles. The minimum atomic E-state index is -0.343. The third-order valence-electron chi connectivity index (χ3n) is 4.19. The normalized spacial score (nSPS) is 14.5. The molecular formula is C18H15FN4O. The molecule has 1 amide bonds. The molecule has 6 heteroatoms. The van der Waals surface area contributed by atoms with E-state index in [1.807, 2.05) is 36.5 Å². The summed E-state index contributed by atoms with van der Waals surface area (Å²) in [5.41, 5.74) is 2.33. The highest BCUT2D eigenvalue weighted by Crippen LogP contribution is 2.24. The van der Waals surface area contributed by atoms with Gasteiger partial charge in [-0.05, 0) is 24.3 Å². The van der Waals surface area contributed by atoms with Crippen molar-refractivity contribution >= 4 is 5.91 Å². The summed E-state index contributed by atoms with van der Waals surface area (Å²) >= 11 is 0. The summed E-state index contributed by atoms with van der Waals surface area (Å²) in [5.74, 6) is -0.432. The number of hydrogen-bond donors (Lipinski definition) is 0. The Morgan fingerprint density at radius 1 is 1.04 bits per heavy atom. The van der Waals surface area contributed by atoms with Gasteiger partial charge >= 0.3 is 0 Å². The third kappa shape index (κ3) is 2.67. The van der Waals surface area contributed by atoms with Crippen molar-refractivity contribution in [2.24, 2.45) is 0 Å². The predicted molar refractivity (Wildman–Crippen MR) is 86.8 cm³/mol. The molecule has 2 heterocycles. The molecule has 4 rings (SSSR count). The van der Waals surface area contributed by atoms with E-state index in [1.54, 1.807) is 9.58 Å². The molecule has 2 aromatic carbocycles. The molecule has 1 aliphatic rings. The van der Waals surface area contributed by atoms with E-state index >= 15 is 0 Å². The van der Waals surface area contributed by atoms with Crippen molar-refractivity contribution in [2.45, 2.75) is 6.04 Å². The Labute approximate surface area is 138 Å². The molecule has 120 valence electrons. The minimum Gasteiger partial charge on any atom is -0.334 e. The Bertz CT molecular complexity index is 854. The first-order valence-corrected chi connectivity index (χ1v) is 7.73. The molecule has 0 aliphatic carbocycles. The smallest absolute Gasteiger partial charge is 0.254 e. The molecule has 1 aromatic heterocycles. The van der Waals surface area contributed by atoms with Crippen LogP contribution < -0.4 is 0 Å². The topological polar surface area (TPSA) is 51.0 Å². The number of benzene rings is 2. The average Bonchev–Trinajstić information content (AvgIpc) is 3.04. The van der Waals surface area contributed by atoms with Crippen LogP contribution in [-0.4, -0.2) is 38.9 Å². The maximum Gasteiger partial charge on any atom is 0.254 e. The maximum atomic E-state index is 12.9. The zero-order valence-electron chi connectivity index (χ0n) is 12.8. The van der Waals surface area contributed by atoms with E-state index in [0.29, 0.717) is 18.7 Å². The molecule has 0 atom stereocenters. The van der Waals surface area contributed by atoms with Gasteiger partial charge in [-0.3, -0.25) is 4.79 Å². The molecule has 0 spiro atoms. The molecule has 24 heavy (non-hydrogen) atoms. The number of amides is 1. The number of hydrogen-bond acceptors (Lipinski definition) is 3. The second-order valence-corrected chi connectivity index (χ2v) is 5.82. The zero-order valence-corrected chi connectivity index (χ0v) is 12.8. The lowest BCUT2D eigenvalue weighted by Gasteiger charge is -2.38. The van der Waals surface area contributed by atoms with Crippen molar-refractivity contribution in [1.82, 2.24) is 19.9 Å². The van der Waals surface area contributed by atoms with Crippen LogP contribution in [0.1, 0.15) is 16.4 Å². The molecular weight excluding hydrogens is 307 g/mol. The quantitative estimate of drug-likeness (QED) is 0.745. The zero-order chi connectivity index (χ0) is 16.5. The van der Waals surface area contributed by atoms with E-state index in [1.165, 1.54) is 24.3 Å². The first-order valence-electron chi connectivity index (χ1n) is 7.73. The van der Waals surface area contributed by atoms with E-state index in [0.717, 1.165) is 11.3 Å². The van der Waals surface area contributed by atoms with Crippen LogP contribution >= 0.6 is 0 Å². The number of nitrogens with zero attached hydrogens (tertiary/aromatic N) is 4. The van der Waals surface area contributed by atoms with Crippen molar-refractivity contribution in [3.63, 3.8) is 0 Å².